The van der Waals surface area contributed by atoms with Crippen LogP contribution in [-0.2, 0) is 0 Å². The monoisotopic (exact) mass is 266 g/mol. The smallest absolute Gasteiger partial charge is 0.135 e. The summed E-state index contributed by atoms with van der Waals surface area (Å²) in [6.07, 6.45) is 1.84. The molecule has 0 aromatic carbocycles. The van der Waals surface area contributed by atoms with Crippen molar-refractivity contribution in [3.05, 3.63) is 11.9 Å². The summed E-state index contributed by atoms with van der Waals surface area (Å²) in [5, 5.41) is 12.8. The molecule has 0 amide bonds. The minimum Gasteiger partial charge on any atom is -0.396 e. The fourth-order valence-electron chi connectivity index (χ4n) is 1.89. The van der Waals surface area contributed by atoms with Crippen molar-refractivity contribution < 1.29 is 5.11 Å². The molecule has 0 aliphatic heterocycles. The second-order valence-electron chi connectivity index (χ2n) is 5.41. The maximum Gasteiger partial charge on any atom is 0.135 e. The Bertz CT molecular complexity index is 394. The Kier molecular flexibility index (Phi) is 5.54. The van der Waals surface area contributed by atoms with Gasteiger partial charge in [-0.3, -0.25) is 0 Å². The summed E-state index contributed by atoms with van der Waals surface area (Å²) in [5.74, 6) is 2.19. The van der Waals surface area contributed by atoms with E-state index in [9.17, 15) is 5.11 Å². The minimum absolute atomic E-state index is 0.0995. The Balaban J connectivity index is 2.82. The van der Waals surface area contributed by atoms with E-state index in [0.29, 0.717) is 12.4 Å². The van der Waals surface area contributed by atoms with Gasteiger partial charge in [0.2, 0.25) is 0 Å². The first-order valence-electron chi connectivity index (χ1n) is 6.95. The van der Waals surface area contributed by atoms with Crippen LogP contribution in [0.1, 0.15) is 52.3 Å². The highest BCUT2D eigenvalue weighted by Crippen LogP contribution is 2.26. The molecule has 4 N–H and O–H groups in total. The molecular formula is C14H26N4O. The van der Waals surface area contributed by atoms with Crippen molar-refractivity contribution in [3.63, 3.8) is 0 Å². The third kappa shape index (κ3) is 4.06. The van der Waals surface area contributed by atoms with Crippen molar-refractivity contribution in [1.82, 2.24) is 9.97 Å². The van der Waals surface area contributed by atoms with Gasteiger partial charge < -0.3 is 16.2 Å². The maximum absolute atomic E-state index is 9.55. The normalized spacial score (nSPS) is 11.9. The topological polar surface area (TPSA) is 84.1 Å². The van der Waals surface area contributed by atoms with Crippen LogP contribution in [0, 0.1) is 5.41 Å². The Morgan fingerprint density at radius 3 is 2.42 bits per heavy atom. The summed E-state index contributed by atoms with van der Waals surface area (Å²) < 4.78 is 0. The average Bonchev–Trinajstić information content (AvgIpc) is 2.40. The number of hydrogen-bond acceptors (Lipinski definition) is 5. The zero-order valence-corrected chi connectivity index (χ0v) is 12.4. The van der Waals surface area contributed by atoms with Crippen LogP contribution in [0.3, 0.4) is 0 Å². The molecule has 1 aromatic heterocycles. The largest absolute Gasteiger partial charge is 0.396 e. The number of nitrogens with two attached hydrogens (primary N) is 1. The number of aliphatic hydroxyl groups excluding tert-OH is 1. The first-order valence-corrected chi connectivity index (χ1v) is 6.95. The number of nitrogens with zero attached hydrogens (tertiary/aromatic N) is 2. The third-order valence-electron chi connectivity index (χ3n) is 3.76. The van der Waals surface area contributed by atoms with E-state index in [0.717, 1.165) is 24.5 Å². The quantitative estimate of drug-likeness (QED) is 0.705. The number of nitrogen functional groups attached to an aromatic ring is 1. The van der Waals surface area contributed by atoms with Crippen LogP contribution < -0.4 is 11.1 Å². The van der Waals surface area contributed by atoms with E-state index in [1.165, 1.54) is 0 Å². The summed E-state index contributed by atoms with van der Waals surface area (Å²) in [6, 6.07) is 1.74. The van der Waals surface area contributed by atoms with Crippen molar-refractivity contribution >= 4 is 11.6 Å². The minimum atomic E-state index is -0.0995. The number of rotatable bonds is 7. The van der Waals surface area contributed by atoms with Crippen molar-refractivity contribution in [2.45, 2.75) is 46.5 Å². The molecule has 0 bridgehead atoms. The maximum atomic E-state index is 9.55. The van der Waals surface area contributed by atoms with Crippen LogP contribution >= 0.6 is 0 Å². The highest BCUT2D eigenvalue weighted by Gasteiger charge is 2.25. The van der Waals surface area contributed by atoms with Gasteiger partial charge in [-0.15, -0.1) is 0 Å². The van der Waals surface area contributed by atoms with E-state index in [1.54, 1.807) is 6.07 Å². The van der Waals surface area contributed by atoms with E-state index >= 15 is 0 Å². The lowest BCUT2D eigenvalue weighted by Crippen LogP contribution is -2.32. The second-order valence-corrected chi connectivity index (χ2v) is 5.41. The zero-order valence-electron chi connectivity index (χ0n) is 12.4. The lowest BCUT2D eigenvalue weighted by molar-refractivity contribution is 0.127. The molecule has 0 spiro atoms. The van der Waals surface area contributed by atoms with Gasteiger partial charge in [0.05, 0.1) is 6.61 Å². The predicted octanol–water partition coefficient (Wildman–Crippen LogP) is 2.39. The molecule has 19 heavy (non-hydrogen) atoms. The van der Waals surface area contributed by atoms with E-state index in [1.807, 2.05) is 13.8 Å². The molecule has 0 fully saturated rings. The summed E-state index contributed by atoms with van der Waals surface area (Å²) in [5.41, 5.74) is 5.69. The van der Waals surface area contributed by atoms with Crippen LogP contribution in [0.2, 0.25) is 0 Å². The van der Waals surface area contributed by atoms with Crippen molar-refractivity contribution in [1.29, 1.82) is 0 Å². The van der Waals surface area contributed by atoms with Gasteiger partial charge in [-0.25, -0.2) is 9.97 Å². The van der Waals surface area contributed by atoms with Gasteiger partial charge in [-0.2, -0.15) is 0 Å². The zero-order chi connectivity index (χ0) is 14.5. The lowest BCUT2D eigenvalue weighted by atomic mass is 9.83. The second kappa shape index (κ2) is 6.70. The first-order chi connectivity index (χ1) is 8.96. The molecule has 1 aromatic rings. The fraction of sp³-hybridized carbons (Fsp3) is 0.714. The van der Waals surface area contributed by atoms with Crippen LogP contribution in [0.15, 0.2) is 6.07 Å². The van der Waals surface area contributed by atoms with Gasteiger partial charge >= 0.3 is 0 Å². The van der Waals surface area contributed by atoms with Gasteiger partial charge in [0.15, 0.2) is 0 Å². The molecule has 5 heteroatoms. The summed E-state index contributed by atoms with van der Waals surface area (Å²) in [4.78, 5) is 8.67. The molecule has 0 aliphatic rings. The van der Waals surface area contributed by atoms with E-state index in [4.69, 9.17) is 5.73 Å². The first kappa shape index (κ1) is 15.7. The number of nitrogens with one attached hydrogen (secondary N) is 1. The standard InChI is InChI=1S/C14H26N4O/c1-5-14(6-2,9-19)8-16-12-7-11(15)17-13(18-12)10(3)4/h7,10,19H,5-6,8-9H2,1-4H3,(H3,15,16,17,18). The summed E-state index contributed by atoms with van der Waals surface area (Å²) >= 11 is 0. The molecule has 0 radical (unpaired) electrons. The highest BCUT2D eigenvalue weighted by molar-refractivity contribution is 5.45. The molecule has 0 saturated heterocycles. The number of aromatic nitrogens is 2. The van der Waals surface area contributed by atoms with E-state index < -0.39 is 0 Å². The Labute approximate surface area is 115 Å². The molecule has 0 aliphatic carbocycles. The predicted molar refractivity (Wildman–Crippen MR) is 79.1 cm³/mol. The summed E-state index contributed by atoms with van der Waals surface area (Å²) in [7, 11) is 0. The Morgan fingerprint density at radius 2 is 1.95 bits per heavy atom. The molecule has 1 rings (SSSR count). The Hall–Kier alpha value is -1.36. The van der Waals surface area contributed by atoms with Gasteiger partial charge in [0.1, 0.15) is 17.5 Å². The number of anilines is 2. The third-order valence-corrected chi connectivity index (χ3v) is 3.76. The van der Waals surface area contributed by atoms with Crippen molar-refractivity contribution in [2.75, 3.05) is 24.2 Å². The fourth-order valence-corrected chi connectivity index (χ4v) is 1.89. The van der Waals surface area contributed by atoms with Crippen LogP contribution in [0.4, 0.5) is 11.6 Å². The van der Waals surface area contributed by atoms with Crippen molar-refractivity contribution in [3.8, 4) is 0 Å². The lowest BCUT2D eigenvalue weighted by Gasteiger charge is -2.29. The number of hydrogen-bond donors (Lipinski definition) is 3. The van der Waals surface area contributed by atoms with Crippen LogP contribution in [-0.4, -0.2) is 28.2 Å². The van der Waals surface area contributed by atoms with Gasteiger partial charge in [0, 0.05) is 23.9 Å². The van der Waals surface area contributed by atoms with Crippen LogP contribution in [0.25, 0.3) is 0 Å². The molecule has 0 saturated carbocycles. The number of aliphatic hydroxyl groups is 1. The molecule has 0 unspecified atom stereocenters. The van der Waals surface area contributed by atoms with Crippen molar-refractivity contribution in [2.24, 2.45) is 5.41 Å². The van der Waals surface area contributed by atoms with Gasteiger partial charge in [-0.1, -0.05) is 27.7 Å². The van der Waals surface area contributed by atoms with Gasteiger partial charge in [0.25, 0.3) is 0 Å². The summed E-state index contributed by atoms with van der Waals surface area (Å²) in [6.45, 7) is 9.11. The SMILES string of the molecule is CCC(CC)(CO)CNc1cc(N)nc(C(C)C)n1. The molecule has 108 valence electrons. The molecular weight excluding hydrogens is 240 g/mol. The van der Waals surface area contributed by atoms with E-state index in [2.05, 4.69) is 29.1 Å². The molecule has 5 nitrogen and oxygen atoms in total. The van der Waals surface area contributed by atoms with Crippen LogP contribution in [0.5, 0.6) is 0 Å². The average molecular weight is 266 g/mol. The molecule has 1 heterocycles. The molecule has 0 atom stereocenters. The van der Waals surface area contributed by atoms with E-state index in [-0.39, 0.29) is 17.9 Å². The highest BCUT2D eigenvalue weighted by atomic mass is 16.3. The van der Waals surface area contributed by atoms with Gasteiger partial charge in [-0.05, 0) is 12.8 Å². The Morgan fingerprint density at radius 1 is 1.32 bits per heavy atom.